The molecule has 18 heavy (non-hydrogen) atoms. The van der Waals surface area contributed by atoms with E-state index in [-0.39, 0.29) is 16.0 Å². The summed E-state index contributed by atoms with van der Waals surface area (Å²) in [5, 5.41) is 10.5. The summed E-state index contributed by atoms with van der Waals surface area (Å²) in [6.45, 7) is 2.93. The molecule has 1 aromatic carbocycles. The number of alkyl halides is 1. The van der Waals surface area contributed by atoms with Gasteiger partial charge in [0.25, 0.3) is 5.69 Å². The third kappa shape index (κ3) is 3.43. The highest BCUT2D eigenvalue weighted by Crippen LogP contribution is 2.26. The lowest BCUT2D eigenvalue weighted by molar-refractivity contribution is -0.384. The van der Waals surface area contributed by atoms with Crippen LogP contribution in [0.1, 0.15) is 30.2 Å². The third-order valence-corrected chi connectivity index (χ3v) is 3.70. The molecular weight excluding hydrogens is 252 g/mol. The van der Waals surface area contributed by atoms with Gasteiger partial charge in [-0.3, -0.25) is 10.1 Å². The molecule has 0 aliphatic carbocycles. The van der Waals surface area contributed by atoms with E-state index in [1.807, 2.05) is 6.07 Å². The first kappa shape index (κ1) is 13.3. The fourth-order valence-electron chi connectivity index (χ4n) is 2.31. The van der Waals surface area contributed by atoms with Crippen LogP contribution >= 0.6 is 11.6 Å². The fourth-order valence-corrected chi connectivity index (χ4v) is 2.64. The first-order valence-electron chi connectivity index (χ1n) is 6.27. The second kappa shape index (κ2) is 6.16. The van der Waals surface area contributed by atoms with Crippen molar-refractivity contribution >= 4 is 17.3 Å². The van der Waals surface area contributed by atoms with Gasteiger partial charge in [0, 0.05) is 18.7 Å². The number of rotatable bonds is 4. The van der Waals surface area contributed by atoms with Crippen molar-refractivity contribution in [2.24, 2.45) is 0 Å². The predicted molar refractivity (Wildman–Crippen MR) is 72.0 cm³/mol. The van der Waals surface area contributed by atoms with Gasteiger partial charge in [0.1, 0.15) is 0 Å². The van der Waals surface area contributed by atoms with Gasteiger partial charge in [-0.25, -0.2) is 0 Å². The van der Waals surface area contributed by atoms with E-state index in [1.165, 1.54) is 25.3 Å². The summed E-state index contributed by atoms with van der Waals surface area (Å²) in [5.74, 6) is 0. The van der Waals surface area contributed by atoms with Gasteiger partial charge in [-0.2, -0.15) is 0 Å². The number of benzene rings is 1. The lowest BCUT2D eigenvalue weighted by Gasteiger charge is -2.28. The van der Waals surface area contributed by atoms with Crippen molar-refractivity contribution in [3.8, 4) is 0 Å². The Balaban J connectivity index is 2.01. The standard InChI is InChI=1S/C13H17ClN2O2/c14-13(10-15-7-2-1-3-8-15)11-5-4-6-12(9-11)16(17)18/h4-6,9,13H,1-3,7-8,10H2. The van der Waals surface area contributed by atoms with E-state index in [4.69, 9.17) is 11.6 Å². The van der Waals surface area contributed by atoms with Crippen molar-refractivity contribution in [2.75, 3.05) is 19.6 Å². The van der Waals surface area contributed by atoms with Crippen molar-refractivity contribution < 1.29 is 4.92 Å². The molecule has 0 spiro atoms. The van der Waals surface area contributed by atoms with E-state index in [9.17, 15) is 10.1 Å². The third-order valence-electron chi connectivity index (χ3n) is 3.31. The maximum atomic E-state index is 10.7. The molecule has 1 saturated heterocycles. The van der Waals surface area contributed by atoms with E-state index < -0.39 is 0 Å². The lowest BCUT2D eigenvalue weighted by Crippen LogP contribution is -2.32. The quantitative estimate of drug-likeness (QED) is 0.478. The maximum Gasteiger partial charge on any atom is 0.269 e. The second-order valence-electron chi connectivity index (χ2n) is 4.68. The van der Waals surface area contributed by atoms with Crippen LogP contribution in [0.5, 0.6) is 0 Å². The predicted octanol–water partition coefficient (Wildman–Crippen LogP) is 3.36. The van der Waals surface area contributed by atoms with Crippen LogP contribution in [0.15, 0.2) is 24.3 Å². The Labute approximate surface area is 112 Å². The highest BCUT2D eigenvalue weighted by atomic mass is 35.5. The summed E-state index contributed by atoms with van der Waals surface area (Å²) >= 11 is 6.35. The van der Waals surface area contributed by atoms with E-state index in [0.29, 0.717) is 0 Å². The summed E-state index contributed by atoms with van der Waals surface area (Å²) in [5.41, 5.74) is 0.938. The number of hydrogen-bond donors (Lipinski definition) is 0. The number of nitrogens with zero attached hydrogens (tertiary/aromatic N) is 2. The molecule has 0 saturated carbocycles. The van der Waals surface area contributed by atoms with Gasteiger partial charge < -0.3 is 4.90 Å². The van der Waals surface area contributed by atoms with Crippen LogP contribution in [0.3, 0.4) is 0 Å². The second-order valence-corrected chi connectivity index (χ2v) is 5.21. The average Bonchev–Trinajstić information content (AvgIpc) is 2.40. The molecule has 4 nitrogen and oxygen atoms in total. The Morgan fingerprint density at radius 2 is 2.06 bits per heavy atom. The molecule has 0 bridgehead atoms. The molecule has 1 unspecified atom stereocenters. The molecular formula is C13H17ClN2O2. The minimum atomic E-state index is -0.381. The SMILES string of the molecule is O=[N+]([O-])c1cccc(C(Cl)CN2CCCCC2)c1. The molecule has 1 aliphatic heterocycles. The maximum absolute atomic E-state index is 10.7. The Morgan fingerprint density at radius 3 is 2.72 bits per heavy atom. The number of nitro benzene ring substituents is 1. The topological polar surface area (TPSA) is 46.4 Å². The van der Waals surface area contributed by atoms with Crippen LogP contribution in [-0.4, -0.2) is 29.5 Å². The molecule has 1 atom stereocenters. The number of likely N-dealkylation sites (tertiary alicyclic amines) is 1. The number of piperidine rings is 1. The van der Waals surface area contributed by atoms with E-state index in [0.717, 1.165) is 25.2 Å². The fraction of sp³-hybridized carbons (Fsp3) is 0.538. The molecule has 1 aromatic rings. The van der Waals surface area contributed by atoms with Crippen LogP contribution in [0.2, 0.25) is 0 Å². The van der Waals surface area contributed by atoms with Gasteiger partial charge in [-0.15, -0.1) is 11.6 Å². The molecule has 0 amide bonds. The summed E-state index contributed by atoms with van der Waals surface area (Å²) in [6, 6.07) is 6.61. The van der Waals surface area contributed by atoms with Crippen LogP contribution in [-0.2, 0) is 0 Å². The number of halogens is 1. The Kier molecular flexibility index (Phi) is 4.55. The number of nitro groups is 1. The minimum absolute atomic E-state index is 0.108. The first-order chi connectivity index (χ1) is 8.66. The molecule has 5 heteroatoms. The van der Waals surface area contributed by atoms with Crippen molar-refractivity contribution in [3.63, 3.8) is 0 Å². The zero-order valence-electron chi connectivity index (χ0n) is 10.2. The summed E-state index contributed by atoms with van der Waals surface area (Å²) in [6.07, 6.45) is 3.73. The Bertz CT molecular complexity index is 419. The molecule has 2 rings (SSSR count). The Morgan fingerprint density at radius 1 is 1.33 bits per heavy atom. The number of non-ortho nitro benzene ring substituents is 1. The van der Waals surface area contributed by atoms with Crippen LogP contribution < -0.4 is 0 Å². The molecule has 1 aliphatic rings. The van der Waals surface area contributed by atoms with Gasteiger partial charge >= 0.3 is 0 Å². The summed E-state index contributed by atoms with van der Waals surface area (Å²) in [4.78, 5) is 12.7. The van der Waals surface area contributed by atoms with Crippen molar-refractivity contribution in [1.82, 2.24) is 4.90 Å². The van der Waals surface area contributed by atoms with Crippen LogP contribution in [0.25, 0.3) is 0 Å². The minimum Gasteiger partial charge on any atom is -0.302 e. The largest absolute Gasteiger partial charge is 0.302 e. The normalized spacial score (nSPS) is 18.5. The van der Waals surface area contributed by atoms with Gasteiger partial charge in [0.05, 0.1) is 10.3 Å². The molecule has 0 N–H and O–H groups in total. The number of hydrogen-bond acceptors (Lipinski definition) is 3. The van der Waals surface area contributed by atoms with Gasteiger partial charge in [-0.05, 0) is 31.5 Å². The molecule has 1 fully saturated rings. The van der Waals surface area contributed by atoms with E-state index >= 15 is 0 Å². The van der Waals surface area contributed by atoms with E-state index in [1.54, 1.807) is 12.1 Å². The highest BCUT2D eigenvalue weighted by Gasteiger charge is 2.17. The zero-order chi connectivity index (χ0) is 13.0. The van der Waals surface area contributed by atoms with Crippen molar-refractivity contribution in [1.29, 1.82) is 0 Å². The van der Waals surface area contributed by atoms with Gasteiger partial charge in [0.15, 0.2) is 0 Å². The lowest BCUT2D eigenvalue weighted by atomic mass is 10.1. The zero-order valence-corrected chi connectivity index (χ0v) is 11.0. The highest BCUT2D eigenvalue weighted by molar-refractivity contribution is 6.21. The monoisotopic (exact) mass is 268 g/mol. The molecule has 0 radical (unpaired) electrons. The average molecular weight is 269 g/mol. The van der Waals surface area contributed by atoms with Gasteiger partial charge in [0.2, 0.25) is 0 Å². The van der Waals surface area contributed by atoms with Crippen LogP contribution in [0, 0.1) is 10.1 Å². The Hall–Kier alpha value is -1.13. The van der Waals surface area contributed by atoms with Crippen LogP contribution in [0.4, 0.5) is 5.69 Å². The van der Waals surface area contributed by atoms with Crippen molar-refractivity contribution in [3.05, 3.63) is 39.9 Å². The molecule has 98 valence electrons. The van der Waals surface area contributed by atoms with E-state index in [2.05, 4.69) is 4.90 Å². The smallest absolute Gasteiger partial charge is 0.269 e. The molecule has 1 heterocycles. The van der Waals surface area contributed by atoms with Crippen molar-refractivity contribution in [2.45, 2.75) is 24.6 Å². The summed E-state index contributed by atoms with van der Waals surface area (Å²) < 4.78 is 0. The molecule has 0 aromatic heterocycles. The van der Waals surface area contributed by atoms with Gasteiger partial charge in [-0.1, -0.05) is 18.6 Å². The first-order valence-corrected chi connectivity index (χ1v) is 6.71. The summed E-state index contributed by atoms with van der Waals surface area (Å²) in [7, 11) is 0.